The molecule has 0 bridgehead atoms. The van der Waals surface area contributed by atoms with Crippen molar-refractivity contribution in [2.75, 3.05) is 5.32 Å². The zero-order valence-corrected chi connectivity index (χ0v) is 11.8. The van der Waals surface area contributed by atoms with Crippen LogP contribution in [0, 0.1) is 0 Å². The van der Waals surface area contributed by atoms with Crippen LogP contribution in [0.3, 0.4) is 0 Å². The van der Waals surface area contributed by atoms with Gasteiger partial charge in [-0.05, 0) is 24.3 Å². The number of fused-ring (bicyclic) bond motifs is 1. The number of hydrogen-bond donors (Lipinski definition) is 2. The number of benzene rings is 3. The summed E-state index contributed by atoms with van der Waals surface area (Å²) in [6.07, 6.45) is 0. The Hall–Kier alpha value is -2.37. The van der Waals surface area contributed by atoms with E-state index in [0.717, 1.165) is 16.8 Å². The van der Waals surface area contributed by atoms with Gasteiger partial charge in [-0.3, -0.25) is 4.55 Å². The lowest BCUT2D eigenvalue weighted by molar-refractivity contribution is 0.484. The fraction of sp³-hybridized carbons (Fsp3) is 0. The van der Waals surface area contributed by atoms with Crippen molar-refractivity contribution in [2.45, 2.75) is 4.90 Å². The van der Waals surface area contributed by atoms with Gasteiger partial charge >= 0.3 is 0 Å². The fourth-order valence-electron chi connectivity index (χ4n) is 2.29. The Kier molecular flexibility index (Phi) is 3.37. The molecule has 0 aliphatic rings. The predicted molar refractivity (Wildman–Crippen MR) is 83.5 cm³/mol. The van der Waals surface area contributed by atoms with Gasteiger partial charge in [0.15, 0.2) is 0 Å². The lowest BCUT2D eigenvalue weighted by atomic mass is 10.1. The number of rotatable bonds is 3. The van der Waals surface area contributed by atoms with Crippen molar-refractivity contribution < 1.29 is 13.0 Å². The number of para-hydroxylation sites is 1. The van der Waals surface area contributed by atoms with Crippen LogP contribution in [0.25, 0.3) is 10.8 Å². The van der Waals surface area contributed by atoms with Gasteiger partial charge in [0.1, 0.15) is 4.90 Å². The van der Waals surface area contributed by atoms with Crippen LogP contribution in [-0.4, -0.2) is 13.0 Å². The van der Waals surface area contributed by atoms with Crippen LogP contribution >= 0.6 is 0 Å². The summed E-state index contributed by atoms with van der Waals surface area (Å²) in [5.74, 6) is 0. The van der Waals surface area contributed by atoms with E-state index in [4.69, 9.17) is 0 Å². The van der Waals surface area contributed by atoms with Gasteiger partial charge in [0.25, 0.3) is 10.1 Å². The molecule has 0 heterocycles. The van der Waals surface area contributed by atoms with Gasteiger partial charge in [-0.2, -0.15) is 8.42 Å². The Morgan fingerprint density at radius 1 is 0.762 bits per heavy atom. The molecule has 0 aliphatic carbocycles. The maximum Gasteiger partial charge on any atom is 0.295 e. The summed E-state index contributed by atoms with van der Waals surface area (Å²) < 4.78 is 32.2. The zero-order chi connectivity index (χ0) is 14.9. The van der Waals surface area contributed by atoms with E-state index in [1.165, 1.54) is 6.07 Å². The van der Waals surface area contributed by atoms with E-state index in [0.29, 0.717) is 5.39 Å². The highest BCUT2D eigenvalue weighted by Crippen LogP contribution is 2.30. The Morgan fingerprint density at radius 2 is 1.43 bits per heavy atom. The van der Waals surface area contributed by atoms with E-state index in [1.54, 1.807) is 18.2 Å². The van der Waals surface area contributed by atoms with Crippen LogP contribution in [0.5, 0.6) is 0 Å². The molecule has 3 rings (SSSR count). The molecule has 0 spiro atoms. The smallest absolute Gasteiger partial charge is 0.295 e. The summed E-state index contributed by atoms with van der Waals surface area (Å²) in [6, 6.07) is 19.7. The summed E-state index contributed by atoms with van der Waals surface area (Å²) in [4.78, 5) is -0.0864. The summed E-state index contributed by atoms with van der Waals surface area (Å²) in [6.45, 7) is 0. The van der Waals surface area contributed by atoms with Crippen LogP contribution in [-0.2, 0) is 10.1 Å². The lowest BCUT2D eigenvalue weighted by Crippen LogP contribution is -1.99. The normalized spacial score (nSPS) is 11.5. The van der Waals surface area contributed by atoms with Crippen molar-refractivity contribution in [1.29, 1.82) is 0 Å². The summed E-state index contributed by atoms with van der Waals surface area (Å²) in [5.41, 5.74) is 1.69. The van der Waals surface area contributed by atoms with Crippen molar-refractivity contribution in [3.8, 4) is 0 Å². The number of nitrogens with one attached hydrogen (secondary N) is 1. The maximum absolute atomic E-state index is 11.5. The number of hydrogen-bond acceptors (Lipinski definition) is 3. The summed E-state index contributed by atoms with van der Waals surface area (Å²) in [7, 11) is -4.25. The third-order valence-corrected chi connectivity index (χ3v) is 4.12. The van der Waals surface area contributed by atoms with Crippen molar-refractivity contribution in [3.63, 3.8) is 0 Å². The Morgan fingerprint density at radius 3 is 2.14 bits per heavy atom. The molecule has 2 N–H and O–H groups in total. The van der Waals surface area contributed by atoms with Crippen LogP contribution in [0.4, 0.5) is 11.4 Å². The van der Waals surface area contributed by atoms with E-state index in [1.807, 2.05) is 42.5 Å². The third kappa shape index (κ3) is 2.74. The first-order valence-corrected chi connectivity index (χ1v) is 7.81. The van der Waals surface area contributed by atoms with Crippen molar-refractivity contribution >= 4 is 32.3 Å². The fourth-order valence-corrected chi connectivity index (χ4v) is 3.00. The van der Waals surface area contributed by atoms with Gasteiger partial charge in [-0.15, -0.1) is 0 Å². The molecule has 21 heavy (non-hydrogen) atoms. The molecule has 106 valence electrons. The average molecular weight is 299 g/mol. The molecule has 4 nitrogen and oxygen atoms in total. The van der Waals surface area contributed by atoms with E-state index in [-0.39, 0.29) is 4.90 Å². The van der Waals surface area contributed by atoms with Crippen LogP contribution in [0.15, 0.2) is 71.6 Å². The van der Waals surface area contributed by atoms with Gasteiger partial charge in [0, 0.05) is 22.1 Å². The predicted octanol–water partition coefficient (Wildman–Crippen LogP) is 3.83. The van der Waals surface area contributed by atoms with Crippen LogP contribution in [0.1, 0.15) is 0 Å². The topological polar surface area (TPSA) is 66.4 Å². The van der Waals surface area contributed by atoms with Crippen molar-refractivity contribution in [1.82, 2.24) is 0 Å². The first-order chi connectivity index (χ1) is 10.1. The molecule has 0 radical (unpaired) electrons. The Balaban J connectivity index is 2.18. The first-order valence-electron chi connectivity index (χ1n) is 6.37. The monoisotopic (exact) mass is 299 g/mol. The van der Waals surface area contributed by atoms with E-state index in [2.05, 4.69) is 5.32 Å². The average Bonchev–Trinajstić information content (AvgIpc) is 2.47. The van der Waals surface area contributed by atoms with E-state index < -0.39 is 10.1 Å². The maximum atomic E-state index is 11.5. The SMILES string of the molecule is O=S(=O)(O)c1cccc2c(Nc3ccccc3)cccc12. The molecule has 5 heteroatoms. The third-order valence-electron chi connectivity index (χ3n) is 3.21. The minimum absolute atomic E-state index is 0.0864. The molecule has 3 aromatic rings. The second kappa shape index (κ2) is 5.20. The van der Waals surface area contributed by atoms with Gasteiger partial charge in [-0.25, -0.2) is 0 Å². The quantitative estimate of drug-likeness (QED) is 0.721. The largest absolute Gasteiger partial charge is 0.355 e. The summed E-state index contributed by atoms with van der Waals surface area (Å²) in [5, 5.41) is 4.47. The van der Waals surface area contributed by atoms with Gasteiger partial charge in [0.05, 0.1) is 0 Å². The van der Waals surface area contributed by atoms with Gasteiger partial charge in [-0.1, -0.05) is 42.5 Å². The van der Waals surface area contributed by atoms with E-state index in [9.17, 15) is 13.0 Å². The molecule has 0 saturated carbocycles. The van der Waals surface area contributed by atoms with Gasteiger partial charge < -0.3 is 5.32 Å². The molecule has 0 aromatic heterocycles. The molecular formula is C16H13NO3S. The van der Waals surface area contributed by atoms with E-state index >= 15 is 0 Å². The molecule has 0 atom stereocenters. The second-order valence-corrected chi connectivity index (χ2v) is 6.01. The van der Waals surface area contributed by atoms with Gasteiger partial charge in [0.2, 0.25) is 0 Å². The Bertz CT molecular complexity index is 890. The van der Waals surface area contributed by atoms with Crippen LogP contribution < -0.4 is 5.32 Å². The number of anilines is 2. The highest BCUT2D eigenvalue weighted by Gasteiger charge is 2.14. The first kappa shape index (κ1) is 13.6. The molecular weight excluding hydrogens is 286 g/mol. The second-order valence-electron chi connectivity index (χ2n) is 4.62. The molecule has 0 fully saturated rings. The van der Waals surface area contributed by atoms with Crippen LogP contribution in [0.2, 0.25) is 0 Å². The molecule has 0 unspecified atom stereocenters. The summed E-state index contributed by atoms with van der Waals surface area (Å²) >= 11 is 0. The minimum Gasteiger partial charge on any atom is -0.355 e. The Labute approximate surface area is 122 Å². The lowest BCUT2D eigenvalue weighted by Gasteiger charge is -2.11. The minimum atomic E-state index is -4.25. The molecule has 3 aromatic carbocycles. The van der Waals surface area contributed by atoms with Crippen molar-refractivity contribution in [3.05, 3.63) is 66.7 Å². The molecule has 0 saturated heterocycles. The standard InChI is InChI=1S/C16H13NO3S/c18-21(19,20)16-11-5-8-13-14(16)9-4-10-15(13)17-12-6-2-1-3-7-12/h1-11,17H,(H,18,19,20). The zero-order valence-electron chi connectivity index (χ0n) is 11.0. The molecule has 0 amide bonds. The highest BCUT2D eigenvalue weighted by molar-refractivity contribution is 7.86. The molecule has 0 aliphatic heterocycles. The van der Waals surface area contributed by atoms with Crippen molar-refractivity contribution in [2.24, 2.45) is 0 Å². The highest BCUT2D eigenvalue weighted by atomic mass is 32.2.